The van der Waals surface area contributed by atoms with Crippen molar-refractivity contribution in [2.75, 3.05) is 20.2 Å². The SMILES string of the molecule is COc1ccc2oc(OC(=O)NC(CC(C)C)C(=O)N3CCC4C3C(=O)CN4S(=O)(=O)Cc3ccccn3)cc2c1. The number of pyridine rings is 1. The van der Waals surface area contributed by atoms with Crippen LogP contribution in [0.3, 0.4) is 0 Å². The molecule has 0 saturated carbocycles. The summed E-state index contributed by atoms with van der Waals surface area (Å²) in [5.41, 5.74) is 0.867. The molecule has 1 N–H and O–H groups in total. The maximum Gasteiger partial charge on any atom is 0.415 e. The van der Waals surface area contributed by atoms with Crippen LogP contribution in [0.25, 0.3) is 11.0 Å². The van der Waals surface area contributed by atoms with E-state index < -0.39 is 40.1 Å². The Balaban J connectivity index is 1.28. The molecule has 2 aliphatic rings. The molecule has 0 spiro atoms. The summed E-state index contributed by atoms with van der Waals surface area (Å²) in [4.78, 5) is 45.1. The van der Waals surface area contributed by atoms with Crippen LogP contribution in [0.2, 0.25) is 0 Å². The Morgan fingerprint density at radius 1 is 1.20 bits per heavy atom. The van der Waals surface area contributed by atoms with E-state index in [4.69, 9.17) is 13.9 Å². The number of methoxy groups -OCH3 is 1. The number of Topliss-reactive ketones (excluding diaryl/α,β-unsaturated/α-hetero) is 1. The minimum absolute atomic E-state index is 0.0239. The molecule has 2 aromatic heterocycles. The topological polar surface area (TPSA) is 148 Å². The highest BCUT2D eigenvalue weighted by Crippen LogP contribution is 2.33. The van der Waals surface area contributed by atoms with E-state index >= 15 is 0 Å². The van der Waals surface area contributed by atoms with Gasteiger partial charge in [-0.05, 0) is 49.1 Å². The number of nitrogens with one attached hydrogen (secondary N) is 1. The number of furan rings is 1. The van der Waals surface area contributed by atoms with E-state index in [9.17, 15) is 22.8 Å². The van der Waals surface area contributed by atoms with Gasteiger partial charge in [0, 0.05) is 24.2 Å². The quantitative estimate of drug-likeness (QED) is 0.401. The molecular weight excluding hydrogens is 552 g/mol. The summed E-state index contributed by atoms with van der Waals surface area (Å²) in [7, 11) is -2.31. The van der Waals surface area contributed by atoms with E-state index in [1.54, 1.807) is 49.6 Å². The summed E-state index contributed by atoms with van der Waals surface area (Å²) in [5.74, 6) is -0.566. The number of hydrogen-bond acceptors (Lipinski definition) is 9. The van der Waals surface area contributed by atoms with Gasteiger partial charge in [-0.2, -0.15) is 4.31 Å². The minimum Gasteiger partial charge on any atom is -0.497 e. The summed E-state index contributed by atoms with van der Waals surface area (Å²) in [5, 5.41) is 3.29. The number of fused-ring (bicyclic) bond motifs is 2. The van der Waals surface area contributed by atoms with Crippen LogP contribution < -0.4 is 14.8 Å². The van der Waals surface area contributed by atoms with Crippen LogP contribution in [-0.2, 0) is 25.4 Å². The summed E-state index contributed by atoms with van der Waals surface area (Å²) < 4.78 is 43.7. The van der Waals surface area contributed by atoms with E-state index in [-0.39, 0.29) is 42.9 Å². The van der Waals surface area contributed by atoms with Crippen molar-refractivity contribution in [3.05, 3.63) is 54.4 Å². The maximum absolute atomic E-state index is 13.7. The van der Waals surface area contributed by atoms with E-state index in [0.29, 0.717) is 28.8 Å². The van der Waals surface area contributed by atoms with Crippen molar-refractivity contribution in [1.82, 2.24) is 19.5 Å². The van der Waals surface area contributed by atoms with Gasteiger partial charge in [0.25, 0.3) is 5.95 Å². The number of rotatable bonds is 9. The Morgan fingerprint density at radius 2 is 2.00 bits per heavy atom. The number of likely N-dealkylation sites (tertiary alicyclic amines) is 1. The van der Waals surface area contributed by atoms with Gasteiger partial charge >= 0.3 is 6.09 Å². The number of ketones is 1. The van der Waals surface area contributed by atoms with Gasteiger partial charge in [0.15, 0.2) is 5.78 Å². The summed E-state index contributed by atoms with van der Waals surface area (Å²) in [6.45, 7) is 3.68. The van der Waals surface area contributed by atoms with Crippen LogP contribution in [0, 0.1) is 5.92 Å². The Bertz CT molecular complexity index is 1560. The first-order chi connectivity index (χ1) is 19.6. The standard InChI is InChI=1S/C28H32N4O8S/c1-17(2)12-21(30-28(35)40-25-14-18-13-20(38-3)7-8-24(18)39-25)27(34)31-11-9-22-26(31)23(33)15-32(22)41(36,37)16-19-6-4-5-10-29-19/h4-8,10,13-14,17,21-22,26H,9,11-12,15-16H2,1-3H3,(H,30,35). The lowest BCUT2D eigenvalue weighted by atomic mass is 10.0. The van der Waals surface area contributed by atoms with Crippen molar-refractivity contribution < 1.29 is 36.7 Å². The van der Waals surface area contributed by atoms with Gasteiger partial charge in [-0.25, -0.2) is 13.2 Å². The Hall–Kier alpha value is -3.97. The second-order valence-corrected chi connectivity index (χ2v) is 12.5. The third kappa shape index (κ3) is 6.05. The smallest absolute Gasteiger partial charge is 0.415 e. The van der Waals surface area contributed by atoms with Gasteiger partial charge in [-0.3, -0.25) is 14.6 Å². The molecule has 5 rings (SSSR count). The molecule has 2 aliphatic heterocycles. The molecule has 4 heterocycles. The van der Waals surface area contributed by atoms with Crippen LogP contribution in [-0.4, -0.2) is 78.7 Å². The highest BCUT2D eigenvalue weighted by Gasteiger charge is 2.54. The number of carbonyl (C=O) groups is 3. The Labute approximate surface area is 237 Å². The molecule has 0 aliphatic carbocycles. The fourth-order valence-electron chi connectivity index (χ4n) is 5.47. The number of carbonyl (C=O) groups excluding carboxylic acids is 3. The van der Waals surface area contributed by atoms with Crippen molar-refractivity contribution in [3.8, 4) is 11.7 Å². The monoisotopic (exact) mass is 584 g/mol. The average molecular weight is 585 g/mol. The molecule has 1 aromatic carbocycles. The van der Waals surface area contributed by atoms with Crippen molar-refractivity contribution in [2.24, 2.45) is 5.92 Å². The second kappa shape index (κ2) is 11.5. The molecule has 0 radical (unpaired) electrons. The first-order valence-corrected chi connectivity index (χ1v) is 14.9. The fraction of sp³-hybridized carbons (Fsp3) is 0.429. The lowest BCUT2D eigenvalue weighted by Crippen LogP contribution is -2.53. The van der Waals surface area contributed by atoms with Gasteiger partial charge in [0.1, 0.15) is 29.2 Å². The molecule has 218 valence electrons. The van der Waals surface area contributed by atoms with Crippen LogP contribution >= 0.6 is 0 Å². The van der Waals surface area contributed by atoms with Gasteiger partial charge < -0.3 is 24.1 Å². The van der Waals surface area contributed by atoms with Crippen molar-refractivity contribution >= 4 is 38.8 Å². The van der Waals surface area contributed by atoms with E-state index in [2.05, 4.69) is 10.3 Å². The van der Waals surface area contributed by atoms with E-state index in [0.717, 1.165) is 0 Å². The molecule has 3 atom stereocenters. The summed E-state index contributed by atoms with van der Waals surface area (Å²) >= 11 is 0. The number of hydrogen-bond donors (Lipinski definition) is 1. The molecule has 13 heteroatoms. The van der Waals surface area contributed by atoms with Crippen LogP contribution in [0.4, 0.5) is 4.79 Å². The molecule has 3 unspecified atom stereocenters. The molecular formula is C28H32N4O8S. The average Bonchev–Trinajstić information content (AvgIpc) is 3.62. The van der Waals surface area contributed by atoms with Crippen molar-refractivity contribution in [1.29, 1.82) is 0 Å². The number of amides is 2. The molecule has 41 heavy (non-hydrogen) atoms. The normalized spacial score (nSPS) is 19.9. The van der Waals surface area contributed by atoms with Gasteiger partial charge in [0.05, 0.1) is 25.4 Å². The van der Waals surface area contributed by atoms with E-state index in [1.165, 1.54) is 15.4 Å². The van der Waals surface area contributed by atoms with Gasteiger partial charge in [-0.1, -0.05) is 19.9 Å². The largest absolute Gasteiger partial charge is 0.497 e. The summed E-state index contributed by atoms with van der Waals surface area (Å²) in [6.07, 6.45) is 1.22. The Kier molecular flexibility index (Phi) is 8.00. The van der Waals surface area contributed by atoms with Crippen molar-refractivity contribution in [3.63, 3.8) is 0 Å². The third-order valence-corrected chi connectivity index (χ3v) is 9.04. The Morgan fingerprint density at radius 3 is 2.71 bits per heavy atom. The first kappa shape index (κ1) is 28.6. The number of aromatic nitrogens is 1. The number of ether oxygens (including phenoxy) is 2. The number of sulfonamides is 1. The number of nitrogens with zero attached hydrogens (tertiary/aromatic N) is 3. The highest BCUT2D eigenvalue weighted by molar-refractivity contribution is 7.88. The zero-order chi connectivity index (χ0) is 29.3. The summed E-state index contributed by atoms with van der Waals surface area (Å²) in [6, 6.07) is 9.10. The highest BCUT2D eigenvalue weighted by atomic mass is 32.2. The molecule has 3 aromatic rings. The van der Waals surface area contributed by atoms with Crippen LogP contribution in [0.5, 0.6) is 11.7 Å². The molecule has 2 fully saturated rings. The van der Waals surface area contributed by atoms with Crippen molar-refractivity contribution in [2.45, 2.75) is 50.6 Å². The van der Waals surface area contributed by atoms with Gasteiger partial charge in [-0.15, -0.1) is 0 Å². The zero-order valence-corrected chi connectivity index (χ0v) is 23.8. The molecule has 2 amide bonds. The predicted octanol–water partition coefficient (Wildman–Crippen LogP) is 2.72. The zero-order valence-electron chi connectivity index (χ0n) is 23.0. The lowest BCUT2D eigenvalue weighted by molar-refractivity contribution is -0.138. The van der Waals surface area contributed by atoms with Crippen LogP contribution in [0.1, 0.15) is 32.4 Å². The molecule has 2 saturated heterocycles. The van der Waals surface area contributed by atoms with Crippen LogP contribution in [0.15, 0.2) is 53.1 Å². The molecule has 0 bridgehead atoms. The molecule has 12 nitrogen and oxygen atoms in total. The maximum atomic E-state index is 13.7. The third-order valence-electron chi connectivity index (χ3n) is 7.27. The van der Waals surface area contributed by atoms with Gasteiger partial charge in [0.2, 0.25) is 15.9 Å². The van der Waals surface area contributed by atoms with E-state index in [1.807, 2.05) is 13.8 Å². The predicted molar refractivity (Wildman–Crippen MR) is 148 cm³/mol. The minimum atomic E-state index is -3.85. The number of benzene rings is 1. The second-order valence-electron chi connectivity index (χ2n) is 10.6. The lowest BCUT2D eigenvalue weighted by Gasteiger charge is -2.28. The first-order valence-electron chi connectivity index (χ1n) is 13.3. The fourth-order valence-corrected chi connectivity index (χ4v) is 7.13.